The van der Waals surface area contributed by atoms with Gasteiger partial charge in [0.1, 0.15) is 0 Å². The van der Waals surface area contributed by atoms with Crippen LogP contribution in [0.4, 0.5) is 0 Å². The molecule has 8 nitrogen and oxygen atoms in total. The van der Waals surface area contributed by atoms with Crippen LogP contribution in [-0.4, -0.2) is 65.8 Å². The number of aliphatic carboxylic acids is 1. The Hall–Kier alpha value is -4.40. The van der Waals surface area contributed by atoms with Gasteiger partial charge in [-0.2, -0.15) is 0 Å². The third-order valence-corrected chi connectivity index (χ3v) is 9.21. The Morgan fingerprint density at radius 3 is 1.72 bits per heavy atom. The number of benzene rings is 3. The van der Waals surface area contributed by atoms with Gasteiger partial charge in [0.15, 0.2) is 5.78 Å². The molecule has 0 aromatic heterocycles. The van der Waals surface area contributed by atoms with Gasteiger partial charge in [0.05, 0.1) is 12.1 Å². The lowest BCUT2D eigenvalue weighted by Gasteiger charge is -2.44. The van der Waals surface area contributed by atoms with Crippen molar-refractivity contribution in [2.24, 2.45) is 5.92 Å². The van der Waals surface area contributed by atoms with Gasteiger partial charge in [-0.05, 0) is 38.1 Å². The van der Waals surface area contributed by atoms with E-state index in [1.165, 1.54) is 6.92 Å². The molecule has 0 saturated heterocycles. The second kappa shape index (κ2) is 15.5. The summed E-state index contributed by atoms with van der Waals surface area (Å²) in [6, 6.07) is 23.7. The van der Waals surface area contributed by atoms with Crippen LogP contribution >= 0.6 is 0 Å². The fourth-order valence-corrected chi connectivity index (χ4v) is 6.38. The summed E-state index contributed by atoms with van der Waals surface area (Å²) in [5.74, 6) is -2.20. The van der Waals surface area contributed by atoms with E-state index < -0.39 is 46.7 Å². The number of hydrogen-bond acceptors (Lipinski definition) is 6. The maximum atomic E-state index is 14.4. The summed E-state index contributed by atoms with van der Waals surface area (Å²) in [6.45, 7) is 13.2. The van der Waals surface area contributed by atoms with E-state index >= 15 is 0 Å². The minimum atomic E-state index is -1.04. The largest absolute Gasteiger partial charge is 0.478 e. The molecular weight excluding hydrogens is 590 g/mol. The predicted molar refractivity (Wildman–Crippen MR) is 186 cm³/mol. The normalized spacial score (nSPS) is 14.4. The Labute approximate surface area is 279 Å². The van der Waals surface area contributed by atoms with Gasteiger partial charge in [-0.3, -0.25) is 24.6 Å². The van der Waals surface area contributed by atoms with Crippen LogP contribution in [0.25, 0.3) is 0 Å². The number of ketones is 1. The highest BCUT2D eigenvalue weighted by molar-refractivity contribution is 6.09. The number of amides is 2. The third-order valence-electron chi connectivity index (χ3n) is 9.21. The Bertz CT molecular complexity index is 1580. The van der Waals surface area contributed by atoms with Crippen LogP contribution in [0, 0.1) is 5.92 Å². The molecule has 3 atom stereocenters. The monoisotopic (exact) mass is 639 g/mol. The van der Waals surface area contributed by atoms with Crippen molar-refractivity contribution in [3.05, 3.63) is 119 Å². The van der Waals surface area contributed by atoms with Crippen molar-refractivity contribution in [2.75, 3.05) is 14.1 Å². The standard InChI is InChI=1S/C39H49N3O5/c1-25(2)31(24-26(3)37(46)47)42(9)34(36(45)41-35(44)33(40-8)38(4,5)29-18-14-11-15-19-29)39(6,7)30-22-20-28(21-23-30)32(43)27-16-12-10-13-17-27/h10-25,31,33-34,40H,1-9H3,(H,46,47)(H,41,44,45)/b26-24+/t31-,33-,34-/m1/s1. The predicted octanol–water partition coefficient (Wildman–Crippen LogP) is 5.76. The van der Waals surface area contributed by atoms with Gasteiger partial charge in [-0.1, -0.05) is 133 Å². The molecule has 0 heterocycles. The SMILES string of the molecule is CN[C@H](C(=O)NC(=O)[C@@H](N(C)[C@H](/C=C(\C)C(=O)O)C(C)C)C(C)(C)c1ccc(C(=O)c2ccccc2)cc1)C(C)(C)c1ccccc1. The van der Waals surface area contributed by atoms with Crippen molar-refractivity contribution in [1.82, 2.24) is 15.5 Å². The first kappa shape index (κ1) is 37.1. The Kier molecular flexibility index (Phi) is 12.2. The van der Waals surface area contributed by atoms with Crippen molar-refractivity contribution >= 4 is 23.6 Å². The lowest BCUT2D eigenvalue weighted by Crippen LogP contribution is -2.62. The van der Waals surface area contributed by atoms with Crippen molar-refractivity contribution in [3.8, 4) is 0 Å². The molecule has 3 aromatic rings. The molecule has 0 fully saturated rings. The summed E-state index contributed by atoms with van der Waals surface area (Å²) in [4.78, 5) is 55.1. The number of imide groups is 1. The van der Waals surface area contributed by atoms with E-state index in [-0.39, 0.29) is 17.3 Å². The number of carboxylic acid groups (broad SMARTS) is 1. The minimum Gasteiger partial charge on any atom is -0.478 e. The van der Waals surface area contributed by atoms with Crippen LogP contribution < -0.4 is 10.6 Å². The summed E-state index contributed by atoms with van der Waals surface area (Å²) in [6.07, 6.45) is 1.65. The Morgan fingerprint density at radius 1 is 0.745 bits per heavy atom. The number of nitrogens with one attached hydrogen (secondary N) is 2. The lowest BCUT2D eigenvalue weighted by atomic mass is 9.75. The second-order valence-electron chi connectivity index (χ2n) is 13.6. The fraction of sp³-hybridized carbons (Fsp3) is 0.385. The second-order valence-corrected chi connectivity index (χ2v) is 13.6. The van der Waals surface area contributed by atoms with Gasteiger partial charge in [0.2, 0.25) is 11.8 Å². The van der Waals surface area contributed by atoms with Crippen LogP contribution in [0.3, 0.4) is 0 Å². The molecule has 0 saturated carbocycles. The molecule has 47 heavy (non-hydrogen) atoms. The van der Waals surface area contributed by atoms with Crippen molar-refractivity contribution in [2.45, 2.75) is 77.4 Å². The molecule has 0 radical (unpaired) electrons. The molecule has 3 rings (SSSR count). The van der Waals surface area contributed by atoms with E-state index in [9.17, 15) is 24.3 Å². The number of nitrogens with zero attached hydrogens (tertiary/aromatic N) is 1. The van der Waals surface area contributed by atoms with Crippen LogP contribution in [0.5, 0.6) is 0 Å². The number of carbonyl (C=O) groups excluding carboxylic acids is 3. The van der Waals surface area contributed by atoms with E-state index in [0.29, 0.717) is 11.1 Å². The summed E-state index contributed by atoms with van der Waals surface area (Å²) in [7, 11) is 3.48. The van der Waals surface area contributed by atoms with Crippen LogP contribution in [-0.2, 0) is 25.2 Å². The third kappa shape index (κ3) is 8.50. The van der Waals surface area contributed by atoms with Crippen LogP contribution in [0.1, 0.15) is 75.5 Å². The molecule has 0 aliphatic heterocycles. The van der Waals surface area contributed by atoms with Crippen LogP contribution in [0.2, 0.25) is 0 Å². The zero-order valence-electron chi connectivity index (χ0n) is 29.0. The fourth-order valence-electron chi connectivity index (χ4n) is 6.38. The molecule has 0 spiro atoms. The molecule has 0 aliphatic rings. The maximum Gasteiger partial charge on any atom is 0.331 e. The van der Waals surface area contributed by atoms with Crippen molar-refractivity contribution in [1.29, 1.82) is 0 Å². The topological polar surface area (TPSA) is 116 Å². The number of rotatable bonds is 14. The van der Waals surface area contributed by atoms with Gasteiger partial charge >= 0.3 is 5.97 Å². The van der Waals surface area contributed by atoms with Gasteiger partial charge in [-0.15, -0.1) is 0 Å². The summed E-state index contributed by atoms with van der Waals surface area (Å²) in [5.41, 5.74) is 1.42. The molecule has 250 valence electrons. The van der Waals surface area contributed by atoms with E-state index in [1.807, 2.05) is 107 Å². The number of hydrogen-bond donors (Lipinski definition) is 3. The first-order valence-electron chi connectivity index (χ1n) is 15.9. The van der Waals surface area contributed by atoms with Crippen molar-refractivity contribution < 1.29 is 24.3 Å². The summed E-state index contributed by atoms with van der Waals surface area (Å²) < 4.78 is 0. The maximum absolute atomic E-state index is 14.4. The van der Waals surface area contributed by atoms with Gasteiger partial charge in [-0.25, -0.2) is 4.79 Å². The van der Waals surface area contributed by atoms with Crippen molar-refractivity contribution in [3.63, 3.8) is 0 Å². The molecule has 3 N–H and O–H groups in total. The zero-order chi connectivity index (χ0) is 35.1. The van der Waals surface area contributed by atoms with E-state index in [0.717, 1.165) is 11.1 Å². The van der Waals surface area contributed by atoms with E-state index in [4.69, 9.17) is 0 Å². The van der Waals surface area contributed by atoms with Crippen LogP contribution in [0.15, 0.2) is 96.6 Å². The quantitative estimate of drug-likeness (QED) is 0.152. The first-order chi connectivity index (χ1) is 22.0. The van der Waals surface area contributed by atoms with E-state index in [1.54, 1.807) is 44.4 Å². The Balaban J connectivity index is 2.05. The first-order valence-corrected chi connectivity index (χ1v) is 15.9. The average molecular weight is 640 g/mol. The zero-order valence-corrected chi connectivity index (χ0v) is 29.0. The summed E-state index contributed by atoms with van der Waals surface area (Å²) in [5, 5.41) is 15.5. The molecule has 0 aliphatic carbocycles. The number of carbonyl (C=O) groups is 4. The average Bonchev–Trinajstić information content (AvgIpc) is 3.03. The van der Waals surface area contributed by atoms with E-state index in [2.05, 4.69) is 10.6 Å². The van der Waals surface area contributed by atoms with Gasteiger partial charge < -0.3 is 10.4 Å². The van der Waals surface area contributed by atoms with Gasteiger partial charge in [0.25, 0.3) is 0 Å². The molecule has 0 bridgehead atoms. The number of likely N-dealkylation sites (N-methyl/N-ethyl adjacent to an activating group) is 2. The molecular formula is C39H49N3O5. The number of carboxylic acids is 1. The highest BCUT2D eigenvalue weighted by Gasteiger charge is 2.44. The highest BCUT2D eigenvalue weighted by Crippen LogP contribution is 2.34. The molecule has 3 aromatic carbocycles. The highest BCUT2D eigenvalue weighted by atomic mass is 16.4. The molecule has 0 unspecified atom stereocenters. The van der Waals surface area contributed by atoms with Gasteiger partial charge in [0, 0.05) is 33.6 Å². The smallest absolute Gasteiger partial charge is 0.331 e. The summed E-state index contributed by atoms with van der Waals surface area (Å²) >= 11 is 0. The Morgan fingerprint density at radius 2 is 1.23 bits per heavy atom. The lowest BCUT2D eigenvalue weighted by molar-refractivity contribution is -0.137. The molecule has 2 amide bonds. The minimum absolute atomic E-state index is 0.0657. The molecule has 8 heteroatoms.